The summed E-state index contributed by atoms with van der Waals surface area (Å²) in [4.78, 5) is 28.6. The number of carboxylic acid groups (broad SMARTS) is 1. The molecule has 0 saturated carbocycles. The highest BCUT2D eigenvalue weighted by atomic mass is 32.2. The molecule has 0 aliphatic carbocycles. The smallest absolute Gasteiger partial charge is 0.337 e. The Bertz CT molecular complexity index is 1410. The predicted octanol–water partition coefficient (Wildman–Crippen LogP) is 3.87. The Morgan fingerprint density at radius 3 is 2.33 bits per heavy atom. The molecule has 3 rings (SSSR count). The van der Waals surface area contributed by atoms with Crippen LogP contribution in [0.25, 0.3) is 11.0 Å². The number of pyridine rings is 1. The number of hydrogen-bond donors (Lipinski definition) is 2. The summed E-state index contributed by atoms with van der Waals surface area (Å²) in [5, 5.41) is 12.6. The maximum atomic E-state index is 15.0. The molecule has 0 amide bonds. The number of aromatic carboxylic acids is 1. The summed E-state index contributed by atoms with van der Waals surface area (Å²) in [6.07, 6.45) is 1.76. The van der Waals surface area contributed by atoms with Crippen molar-refractivity contribution < 1.29 is 32.2 Å². The van der Waals surface area contributed by atoms with E-state index in [9.17, 15) is 27.5 Å². The molecule has 0 aliphatic rings. The molecule has 1 aromatic carbocycles. The van der Waals surface area contributed by atoms with Crippen molar-refractivity contribution in [1.29, 1.82) is 0 Å². The Labute approximate surface area is 209 Å². The van der Waals surface area contributed by atoms with Gasteiger partial charge in [0.1, 0.15) is 17.5 Å². The number of nitrogens with one attached hydrogen (secondary N) is 1. The number of carbonyl (C=O) groups excluding carboxylic acids is 1. The van der Waals surface area contributed by atoms with E-state index in [1.165, 1.54) is 12.1 Å². The summed E-state index contributed by atoms with van der Waals surface area (Å²) in [6, 6.07) is 5.20. The van der Waals surface area contributed by atoms with Crippen LogP contribution in [0.3, 0.4) is 0 Å². The first kappa shape index (κ1) is 27.3. The van der Waals surface area contributed by atoms with E-state index in [2.05, 4.69) is 10.3 Å². The molecule has 2 N–H and O–H groups in total. The molecule has 0 bridgehead atoms. The minimum absolute atomic E-state index is 0.0717. The van der Waals surface area contributed by atoms with E-state index >= 15 is 0 Å². The number of nitrogens with zero attached hydrogens (tertiary/aromatic N) is 2. The Hall–Kier alpha value is -3.31. The van der Waals surface area contributed by atoms with Gasteiger partial charge in [0.25, 0.3) is 10.0 Å². The van der Waals surface area contributed by atoms with Crippen LogP contribution in [0, 0.1) is 18.7 Å². The zero-order valence-corrected chi connectivity index (χ0v) is 21.8. The van der Waals surface area contributed by atoms with Gasteiger partial charge >= 0.3 is 11.9 Å². The monoisotopic (exact) mass is 519 g/mol. The summed E-state index contributed by atoms with van der Waals surface area (Å²) in [5.74, 6) is -3.05. The quantitative estimate of drug-likeness (QED) is 0.429. The van der Waals surface area contributed by atoms with Gasteiger partial charge in [0.2, 0.25) is 0 Å². The van der Waals surface area contributed by atoms with E-state index in [-0.39, 0.29) is 34.0 Å². The minimum atomic E-state index is -4.23. The molecule has 194 valence electrons. The number of benzene rings is 1. The predicted molar refractivity (Wildman–Crippen MR) is 132 cm³/mol. The molecule has 0 radical (unpaired) electrons. The van der Waals surface area contributed by atoms with Gasteiger partial charge in [0, 0.05) is 23.7 Å². The number of aromatic nitrogens is 2. The third-order valence-electron chi connectivity index (χ3n) is 5.47. The van der Waals surface area contributed by atoms with Crippen molar-refractivity contribution in [2.75, 3.05) is 0 Å². The van der Waals surface area contributed by atoms with E-state index in [4.69, 9.17) is 4.74 Å². The fraction of sp³-hybridized carbons (Fsp3) is 0.400. The fourth-order valence-corrected chi connectivity index (χ4v) is 5.04. The molecule has 1 unspecified atom stereocenters. The molecule has 0 aliphatic heterocycles. The van der Waals surface area contributed by atoms with E-state index in [1.54, 1.807) is 53.7 Å². The summed E-state index contributed by atoms with van der Waals surface area (Å²) in [5.41, 5.74) is -0.674. The highest BCUT2D eigenvalue weighted by molar-refractivity contribution is 7.90. The first-order valence-corrected chi connectivity index (χ1v) is 12.8. The zero-order chi connectivity index (χ0) is 27.0. The number of esters is 1. The van der Waals surface area contributed by atoms with Crippen molar-refractivity contribution in [3.63, 3.8) is 0 Å². The molecule has 0 fully saturated rings. The Kier molecular flexibility index (Phi) is 7.56. The fourth-order valence-electron chi connectivity index (χ4n) is 3.72. The molecule has 11 heteroatoms. The number of hydrogen-bond acceptors (Lipinski definition) is 7. The second-order valence-corrected chi connectivity index (χ2v) is 11.7. The van der Waals surface area contributed by atoms with Gasteiger partial charge in [-0.2, -0.15) is 0 Å². The summed E-state index contributed by atoms with van der Waals surface area (Å²) >= 11 is 0. The molecule has 2 heterocycles. The Morgan fingerprint density at radius 2 is 1.81 bits per heavy atom. The molecular weight excluding hydrogens is 489 g/mol. The van der Waals surface area contributed by atoms with Crippen molar-refractivity contribution in [3.05, 3.63) is 59.2 Å². The largest absolute Gasteiger partial charge is 0.478 e. The van der Waals surface area contributed by atoms with Crippen LogP contribution in [0.5, 0.6) is 0 Å². The summed E-state index contributed by atoms with van der Waals surface area (Å²) in [6.45, 7) is 10.3. The van der Waals surface area contributed by atoms with Crippen LogP contribution in [0.15, 0.2) is 41.6 Å². The first-order valence-electron chi connectivity index (χ1n) is 11.3. The van der Waals surface area contributed by atoms with Crippen molar-refractivity contribution in [3.8, 4) is 0 Å². The van der Waals surface area contributed by atoms with E-state index in [1.807, 2.05) is 0 Å². The van der Waals surface area contributed by atoms with Crippen molar-refractivity contribution in [1.82, 2.24) is 14.3 Å². The molecule has 1 atom stereocenters. The number of halogens is 1. The third kappa shape index (κ3) is 5.57. The van der Waals surface area contributed by atoms with Crippen LogP contribution in [0.4, 0.5) is 4.39 Å². The topological polar surface area (TPSA) is 128 Å². The number of fused-ring (bicyclic) bond motifs is 1. The van der Waals surface area contributed by atoms with Gasteiger partial charge in [-0.3, -0.25) is 10.1 Å². The molecule has 0 spiro atoms. The van der Waals surface area contributed by atoms with Gasteiger partial charge in [-0.1, -0.05) is 31.5 Å². The average Bonchev–Trinajstić information content (AvgIpc) is 3.15. The highest BCUT2D eigenvalue weighted by Gasteiger charge is 2.30. The van der Waals surface area contributed by atoms with E-state index in [0.29, 0.717) is 0 Å². The van der Waals surface area contributed by atoms with Crippen LogP contribution >= 0.6 is 0 Å². The lowest BCUT2D eigenvalue weighted by atomic mass is 10.0. The number of ether oxygens (including phenoxy) is 1. The van der Waals surface area contributed by atoms with Gasteiger partial charge in [-0.15, -0.1) is 0 Å². The van der Waals surface area contributed by atoms with Crippen LogP contribution in [0.1, 0.15) is 56.1 Å². The minimum Gasteiger partial charge on any atom is -0.478 e. The lowest BCUT2D eigenvalue weighted by Gasteiger charge is -2.26. The van der Waals surface area contributed by atoms with Crippen molar-refractivity contribution >= 4 is 33.0 Å². The van der Waals surface area contributed by atoms with Gasteiger partial charge in [-0.25, -0.2) is 26.6 Å². The number of rotatable bonds is 8. The van der Waals surface area contributed by atoms with E-state index < -0.39 is 45.0 Å². The Morgan fingerprint density at radius 1 is 1.19 bits per heavy atom. The molecule has 2 aromatic heterocycles. The third-order valence-corrected chi connectivity index (χ3v) is 7.14. The standard InChI is InChI=1S/C25H30FN3O6S/c1-14(2)21(24(32)35-25(4,5)6)27-11-17-19(26)12-28-22-20(17)18(23(30)31)13-29(22)36(33,34)16-9-7-15(3)8-10-16/h7-10,12-14,21,27H,11H2,1-6H3,(H,30,31). The number of carbonyl (C=O) groups is 2. The summed E-state index contributed by atoms with van der Waals surface area (Å²) in [7, 11) is -4.23. The molecule has 0 saturated heterocycles. The van der Waals surface area contributed by atoms with Crippen LogP contribution < -0.4 is 5.32 Å². The Balaban J connectivity index is 2.12. The number of carboxylic acids is 1. The van der Waals surface area contributed by atoms with Crippen molar-refractivity contribution in [2.45, 2.75) is 64.6 Å². The molecule has 9 nitrogen and oxygen atoms in total. The van der Waals surface area contributed by atoms with Crippen LogP contribution in [-0.4, -0.2) is 46.1 Å². The average molecular weight is 520 g/mol. The van der Waals surface area contributed by atoms with Crippen LogP contribution in [-0.2, 0) is 26.1 Å². The molecular formula is C25H30FN3O6S. The van der Waals surface area contributed by atoms with Crippen molar-refractivity contribution in [2.24, 2.45) is 5.92 Å². The molecule has 36 heavy (non-hydrogen) atoms. The maximum Gasteiger partial charge on any atom is 0.337 e. The number of aryl methyl sites for hydroxylation is 1. The van der Waals surface area contributed by atoms with Gasteiger partial charge < -0.3 is 9.84 Å². The maximum absolute atomic E-state index is 15.0. The van der Waals surface area contributed by atoms with Gasteiger partial charge in [0.15, 0.2) is 5.65 Å². The first-order chi connectivity index (χ1) is 16.6. The van der Waals surface area contributed by atoms with Crippen LogP contribution in [0.2, 0.25) is 0 Å². The van der Waals surface area contributed by atoms with Gasteiger partial charge in [-0.05, 0) is 45.7 Å². The zero-order valence-electron chi connectivity index (χ0n) is 21.0. The van der Waals surface area contributed by atoms with Gasteiger partial charge in [0.05, 0.1) is 16.7 Å². The lowest BCUT2D eigenvalue weighted by Crippen LogP contribution is -2.44. The summed E-state index contributed by atoms with van der Waals surface area (Å²) < 4.78 is 47.8. The second-order valence-electron chi connectivity index (χ2n) is 9.88. The normalized spacial score (nSPS) is 13.2. The molecule has 3 aromatic rings. The van der Waals surface area contributed by atoms with E-state index in [0.717, 1.165) is 21.9 Å². The second kappa shape index (κ2) is 9.98. The lowest BCUT2D eigenvalue weighted by molar-refractivity contribution is -0.158. The highest BCUT2D eigenvalue weighted by Crippen LogP contribution is 2.29. The SMILES string of the molecule is Cc1ccc(S(=O)(=O)n2cc(C(=O)O)c3c(CNC(C(=O)OC(C)(C)C)C(C)C)c(F)cnc32)cc1.